The summed E-state index contributed by atoms with van der Waals surface area (Å²) in [6.45, 7) is 4.05. The molecule has 0 aliphatic carbocycles. The molecule has 0 saturated heterocycles. The topological polar surface area (TPSA) is 46.2 Å². The number of nitrogens with one attached hydrogen (secondary N) is 1. The van der Waals surface area contributed by atoms with Crippen LogP contribution < -0.4 is 4.72 Å². The molecule has 1 atom stereocenters. The van der Waals surface area contributed by atoms with Crippen molar-refractivity contribution in [1.82, 2.24) is 4.72 Å². The zero-order valence-electron chi connectivity index (χ0n) is 10.0. The van der Waals surface area contributed by atoms with Gasteiger partial charge in [0.25, 0.3) is 0 Å². The maximum atomic E-state index is 12.1. The molecule has 1 unspecified atom stereocenters. The number of alkyl halides is 1. The molecule has 18 heavy (non-hydrogen) atoms. The van der Waals surface area contributed by atoms with Crippen LogP contribution in [-0.2, 0) is 10.0 Å². The second kappa shape index (κ2) is 6.70. The van der Waals surface area contributed by atoms with Crippen LogP contribution in [0.25, 0.3) is 0 Å². The highest BCUT2D eigenvalue weighted by Gasteiger charge is 2.18. The molecule has 0 fully saturated rings. The molecule has 3 nitrogen and oxygen atoms in total. The molecule has 0 heterocycles. The Bertz CT molecular complexity index is 532. The summed E-state index contributed by atoms with van der Waals surface area (Å²) in [6.07, 6.45) is 0.589. The highest BCUT2D eigenvalue weighted by Crippen LogP contribution is 2.28. The molecule has 0 aliphatic heterocycles. The summed E-state index contributed by atoms with van der Waals surface area (Å²) in [5.41, 5.74) is 0.968. The van der Waals surface area contributed by atoms with E-state index in [2.05, 4.69) is 36.6 Å². The Kier molecular flexibility index (Phi) is 6.12. The molecule has 102 valence electrons. The molecule has 0 saturated carbocycles. The smallest absolute Gasteiger partial charge is 0.211 e. The van der Waals surface area contributed by atoms with E-state index in [4.69, 9.17) is 11.6 Å². The lowest BCUT2D eigenvalue weighted by molar-refractivity contribution is 0.578. The number of hydrogen-bond donors (Lipinski definition) is 1. The van der Waals surface area contributed by atoms with Crippen LogP contribution in [0.3, 0.4) is 0 Å². The monoisotopic (exact) mass is 417 g/mol. The van der Waals surface area contributed by atoms with Gasteiger partial charge in [-0.1, -0.05) is 15.9 Å². The summed E-state index contributed by atoms with van der Waals surface area (Å²) in [4.78, 5) is 0.224. The second-order valence-electron chi connectivity index (χ2n) is 4.00. The van der Waals surface area contributed by atoms with E-state index in [1.807, 2.05) is 13.8 Å². The molecular weight excluding hydrogens is 405 g/mol. The van der Waals surface area contributed by atoms with Gasteiger partial charge in [-0.15, -0.1) is 11.6 Å². The zero-order valence-corrected chi connectivity index (χ0v) is 14.7. The molecule has 1 aromatic rings. The van der Waals surface area contributed by atoms with Crippen molar-refractivity contribution < 1.29 is 8.42 Å². The van der Waals surface area contributed by atoms with E-state index >= 15 is 0 Å². The summed E-state index contributed by atoms with van der Waals surface area (Å²) in [6, 6.07) is 3.36. The molecule has 0 spiro atoms. The van der Waals surface area contributed by atoms with Crippen LogP contribution in [0.1, 0.15) is 18.9 Å². The molecule has 0 bridgehead atoms. The fourth-order valence-electron chi connectivity index (χ4n) is 1.30. The van der Waals surface area contributed by atoms with Crippen molar-refractivity contribution in [3.63, 3.8) is 0 Å². The van der Waals surface area contributed by atoms with Gasteiger partial charge in [-0.05, 0) is 53.9 Å². The van der Waals surface area contributed by atoms with Gasteiger partial charge in [0.15, 0.2) is 0 Å². The van der Waals surface area contributed by atoms with E-state index in [1.165, 1.54) is 0 Å². The maximum absolute atomic E-state index is 12.1. The van der Waals surface area contributed by atoms with Gasteiger partial charge in [-0.3, -0.25) is 0 Å². The number of halogens is 3. The highest BCUT2D eigenvalue weighted by atomic mass is 79.9. The van der Waals surface area contributed by atoms with Crippen LogP contribution in [0.2, 0.25) is 0 Å². The third-order valence-electron chi connectivity index (χ3n) is 2.34. The van der Waals surface area contributed by atoms with Gasteiger partial charge >= 0.3 is 0 Å². The molecular formula is C11H14Br2ClNO2S. The number of hydrogen-bond acceptors (Lipinski definition) is 2. The number of aryl methyl sites for hydroxylation is 1. The normalized spacial score (nSPS) is 13.6. The number of sulfonamides is 1. The fourth-order valence-corrected chi connectivity index (χ4v) is 4.14. The fraction of sp³-hybridized carbons (Fsp3) is 0.455. The van der Waals surface area contributed by atoms with Crippen LogP contribution in [0.15, 0.2) is 26.0 Å². The summed E-state index contributed by atoms with van der Waals surface area (Å²) in [5.74, 6) is 0. The Balaban J connectivity index is 2.95. The highest BCUT2D eigenvalue weighted by molar-refractivity contribution is 9.11. The Labute approximate surface area is 130 Å². The summed E-state index contributed by atoms with van der Waals surface area (Å²) >= 11 is 12.4. The number of benzene rings is 1. The first kappa shape index (κ1) is 16.4. The standard InChI is InChI=1S/C11H14Br2ClNO2S/c1-7-5-10(13)11(6-9(7)12)18(16,17)15-4-3-8(2)14/h5-6,8,15H,3-4H2,1-2H3. The Hall–Kier alpha value is 0.380. The van der Waals surface area contributed by atoms with Gasteiger partial charge in [0.05, 0.1) is 4.90 Å². The lowest BCUT2D eigenvalue weighted by atomic mass is 10.2. The Morgan fingerprint density at radius 2 is 1.94 bits per heavy atom. The quantitative estimate of drug-likeness (QED) is 0.738. The van der Waals surface area contributed by atoms with Crippen LogP contribution in [0, 0.1) is 6.92 Å². The van der Waals surface area contributed by atoms with Crippen LogP contribution in [0.4, 0.5) is 0 Å². The summed E-state index contributed by atoms with van der Waals surface area (Å²) in [5, 5.41) is -0.0547. The van der Waals surface area contributed by atoms with Crippen molar-refractivity contribution in [2.75, 3.05) is 6.54 Å². The third kappa shape index (κ3) is 4.49. The predicted molar refractivity (Wildman–Crippen MR) is 81.7 cm³/mol. The van der Waals surface area contributed by atoms with Crippen LogP contribution >= 0.6 is 43.5 Å². The Morgan fingerprint density at radius 3 is 2.50 bits per heavy atom. The number of rotatable bonds is 5. The molecule has 1 rings (SSSR count). The van der Waals surface area contributed by atoms with Gasteiger partial charge in [-0.2, -0.15) is 0 Å². The molecule has 0 aromatic heterocycles. The summed E-state index contributed by atoms with van der Waals surface area (Å²) < 4.78 is 28.0. The maximum Gasteiger partial charge on any atom is 0.241 e. The van der Waals surface area contributed by atoms with E-state index < -0.39 is 10.0 Å². The zero-order chi connectivity index (χ0) is 13.9. The van der Waals surface area contributed by atoms with E-state index in [9.17, 15) is 8.42 Å². The van der Waals surface area contributed by atoms with Crippen molar-refractivity contribution in [3.05, 3.63) is 26.6 Å². The first-order valence-corrected chi connectivity index (χ1v) is 8.84. The van der Waals surface area contributed by atoms with Crippen molar-refractivity contribution in [1.29, 1.82) is 0 Å². The van der Waals surface area contributed by atoms with Gasteiger partial charge in [0.2, 0.25) is 10.0 Å². The van der Waals surface area contributed by atoms with Crippen molar-refractivity contribution >= 4 is 53.5 Å². The molecule has 0 aliphatic rings. The average Bonchev–Trinajstić information content (AvgIpc) is 2.22. The molecule has 0 amide bonds. The van der Waals surface area contributed by atoms with Gasteiger partial charge < -0.3 is 0 Å². The van der Waals surface area contributed by atoms with Gasteiger partial charge in [0, 0.05) is 20.9 Å². The Morgan fingerprint density at radius 1 is 1.33 bits per heavy atom. The minimum absolute atomic E-state index is 0.0547. The van der Waals surface area contributed by atoms with Crippen molar-refractivity contribution in [2.45, 2.75) is 30.5 Å². The summed E-state index contributed by atoms with van der Waals surface area (Å²) in [7, 11) is -3.51. The first-order chi connectivity index (χ1) is 8.24. The van der Waals surface area contributed by atoms with E-state index in [1.54, 1.807) is 12.1 Å². The van der Waals surface area contributed by atoms with Crippen LogP contribution in [-0.4, -0.2) is 20.3 Å². The minimum atomic E-state index is -3.51. The van der Waals surface area contributed by atoms with Gasteiger partial charge in [-0.25, -0.2) is 13.1 Å². The van der Waals surface area contributed by atoms with Crippen molar-refractivity contribution in [2.24, 2.45) is 0 Å². The third-order valence-corrected chi connectivity index (χ3v) is 5.83. The molecule has 1 N–H and O–H groups in total. The van der Waals surface area contributed by atoms with E-state index in [0.29, 0.717) is 17.4 Å². The van der Waals surface area contributed by atoms with E-state index in [0.717, 1.165) is 10.0 Å². The lowest BCUT2D eigenvalue weighted by Gasteiger charge is -2.10. The molecule has 1 aromatic carbocycles. The molecule has 0 radical (unpaired) electrons. The predicted octanol–water partition coefficient (Wildman–Crippen LogP) is 3.82. The minimum Gasteiger partial charge on any atom is -0.211 e. The SMILES string of the molecule is Cc1cc(Br)c(S(=O)(=O)NCCC(C)Cl)cc1Br. The average molecular weight is 420 g/mol. The lowest BCUT2D eigenvalue weighted by Crippen LogP contribution is -2.26. The van der Waals surface area contributed by atoms with Gasteiger partial charge in [0.1, 0.15) is 0 Å². The first-order valence-electron chi connectivity index (χ1n) is 5.33. The molecule has 7 heteroatoms. The second-order valence-corrected chi connectivity index (χ2v) is 8.19. The van der Waals surface area contributed by atoms with Crippen LogP contribution in [0.5, 0.6) is 0 Å². The largest absolute Gasteiger partial charge is 0.241 e. The van der Waals surface area contributed by atoms with Crippen molar-refractivity contribution in [3.8, 4) is 0 Å². The van der Waals surface area contributed by atoms with E-state index in [-0.39, 0.29) is 10.3 Å².